The minimum absolute atomic E-state index is 0. The van der Waals surface area contributed by atoms with Crippen LogP contribution in [0.1, 0.15) is 53.5 Å². The van der Waals surface area contributed by atoms with Crippen LogP contribution < -0.4 is 29.6 Å². The Morgan fingerprint density at radius 2 is 1.94 bits per heavy atom. The van der Waals surface area contributed by atoms with E-state index in [2.05, 4.69) is 11.9 Å². The summed E-state index contributed by atoms with van der Waals surface area (Å²) < 4.78 is 2.02. The molecule has 31 heavy (non-hydrogen) atoms. The Hall–Kier alpha value is -2.19. The zero-order chi connectivity index (χ0) is 21.5. The van der Waals surface area contributed by atoms with E-state index in [0.717, 1.165) is 41.2 Å². The van der Waals surface area contributed by atoms with Gasteiger partial charge in [0.15, 0.2) is 0 Å². The second kappa shape index (κ2) is 12.0. The molecule has 2 aromatic heterocycles. The molecular formula is C23H25N2NaO4S. The summed E-state index contributed by atoms with van der Waals surface area (Å²) >= 11 is 1.53. The summed E-state index contributed by atoms with van der Waals surface area (Å²) in [6.45, 7) is 2.61. The maximum Gasteiger partial charge on any atom is 1.00 e. The molecule has 0 bridgehead atoms. The summed E-state index contributed by atoms with van der Waals surface area (Å²) in [4.78, 5) is 28.5. The van der Waals surface area contributed by atoms with E-state index in [4.69, 9.17) is 5.11 Å². The summed E-state index contributed by atoms with van der Waals surface area (Å²) in [6.07, 6.45) is 6.58. The van der Waals surface area contributed by atoms with Gasteiger partial charge in [-0.2, -0.15) is 0 Å². The van der Waals surface area contributed by atoms with Crippen LogP contribution in [0.5, 0.6) is 0 Å². The second-order valence-electron chi connectivity index (χ2n) is 7.02. The van der Waals surface area contributed by atoms with Gasteiger partial charge in [-0.1, -0.05) is 31.5 Å². The van der Waals surface area contributed by atoms with Gasteiger partial charge in [-0.05, 0) is 41.6 Å². The fourth-order valence-corrected chi connectivity index (χ4v) is 3.89. The first-order valence-electron chi connectivity index (χ1n) is 9.80. The summed E-state index contributed by atoms with van der Waals surface area (Å²) in [5.74, 6) is -1.01. The van der Waals surface area contributed by atoms with Crippen LogP contribution in [0.3, 0.4) is 0 Å². The van der Waals surface area contributed by atoms with Crippen molar-refractivity contribution in [2.75, 3.05) is 0 Å². The van der Waals surface area contributed by atoms with Gasteiger partial charge in [0, 0.05) is 29.8 Å². The Morgan fingerprint density at radius 1 is 1.19 bits per heavy atom. The standard InChI is InChI=1S/C23H24N2O4S.Na.H/c1-2-3-6-21-24-14-19(12-18(23(28)29)13-20-5-4-11-30-20)25(21)15-16-7-9-17(10-8-16)22(26)27;;/h4-5,7-12,14H,2-3,6,13,15H2,1H3,(H,26,27)(H,28,29);;/q;+1;-1/b18-12+;;. The first-order chi connectivity index (χ1) is 14.5. The predicted molar refractivity (Wildman–Crippen MR) is 118 cm³/mol. The van der Waals surface area contributed by atoms with Gasteiger partial charge in [-0.15, -0.1) is 11.3 Å². The number of thiophene rings is 1. The number of aromatic carboxylic acids is 1. The molecule has 2 N–H and O–H groups in total. The number of benzene rings is 1. The minimum atomic E-state index is -0.962. The zero-order valence-electron chi connectivity index (χ0n) is 18.7. The van der Waals surface area contributed by atoms with Gasteiger partial charge >= 0.3 is 41.5 Å². The van der Waals surface area contributed by atoms with E-state index in [9.17, 15) is 14.7 Å². The van der Waals surface area contributed by atoms with Crippen LogP contribution in [0.25, 0.3) is 6.08 Å². The molecule has 3 aromatic rings. The van der Waals surface area contributed by atoms with Crippen LogP contribution in [0.4, 0.5) is 0 Å². The van der Waals surface area contributed by atoms with Crippen LogP contribution in [-0.2, 0) is 24.2 Å². The van der Waals surface area contributed by atoms with Crippen molar-refractivity contribution in [2.45, 2.75) is 39.2 Å². The van der Waals surface area contributed by atoms with Gasteiger partial charge in [0.25, 0.3) is 0 Å². The smallest absolute Gasteiger partial charge is 1.00 e. The van der Waals surface area contributed by atoms with Crippen molar-refractivity contribution in [1.29, 1.82) is 0 Å². The number of carboxylic acid groups (broad SMARTS) is 2. The third-order valence-corrected chi connectivity index (χ3v) is 5.68. The van der Waals surface area contributed by atoms with E-state index in [0.29, 0.717) is 18.5 Å². The average Bonchev–Trinajstić information content (AvgIpc) is 3.37. The molecule has 0 saturated carbocycles. The van der Waals surface area contributed by atoms with E-state index >= 15 is 0 Å². The molecule has 0 aliphatic heterocycles. The SMILES string of the molecule is CCCCc1ncc(/C=C(\Cc2cccs2)C(=O)O)n1Cc1ccc(C(=O)O)cc1.[H-].[Na+]. The maximum absolute atomic E-state index is 11.8. The summed E-state index contributed by atoms with van der Waals surface area (Å²) in [7, 11) is 0. The molecule has 8 heteroatoms. The number of aryl methyl sites for hydroxylation is 1. The Balaban J connectivity index is 0.00000256. The predicted octanol–water partition coefficient (Wildman–Crippen LogP) is 1.86. The normalized spacial score (nSPS) is 11.2. The van der Waals surface area contributed by atoms with Crippen molar-refractivity contribution < 1.29 is 50.8 Å². The number of hydrogen-bond donors (Lipinski definition) is 2. The molecule has 2 heterocycles. The Morgan fingerprint density at radius 3 is 2.52 bits per heavy atom. The second-order valence-corrected chi connectivity index (χ2v) is 8.05. The molecule has 0 radical (unpaired) electrons. The van der Waals surface area contributed by atoms with Gasteiger partial charge in [-0.3, -0.25) is 0 Å². The Kier molecular flexibility index (Phi) is 9.71. The number of aliphatic carboxylic acids is 1. The van der Waals surface area contributed by atoms with Gasteiger partial charge in [-0.25, -0.2) is 14.6 Å². The van der Waals surface area contributed by atoms with Crippen LogP contribution >= 0.6 is 11.3 Å². The molecule has 158 valence electrons. The Bertz CT molecular complexity index is 1050. The molecule has 0 aliphatic rings. The monoisotopic (exact) mass is 448 g/mol. The van der Waals surface area contributed by atoms with Crippen LogP contribution in [0.2, 0.25) is 0 Å². The molecule has 0 unspecified atom stereocenters. The largest absolute Gasteiger partial charge is 1.00 e. The van der Waals surface area contributed by atoms with Crippen molar-refractivity contribution >= 4 is 29.4 Å². The fraction of sp³-hybridized carbons (Fsp3) is 0.261. The number of nitrogens with zero attached hydrogens (tertiary/aromatic N) is 2. The fourth-order valence-electron chi connectivity index (χ4n) is 3.16. The van der Waals surface area contributed by atoms with Crippen molar-refractivity contribution in [3.8, 4) is 0 Å². The number of hydrogen-bond acceptors (Lipinski definition) is 4. The molecule has 0 atom stereocenters. The number of carboxylic acids is 2. The van der Waals surface area contributed by atoms with Gasteiger partial charge in [0.1, 0.15) is 5.82 Å². The van der Waals surface area contributed by atoms with Crippen LogP contribution in [0.15, 0.2) is 53.5 Å². The summed E-state index contributed by atoms with van der Waals surface area (Å²) in [5.41, 5.74) is 2.21. The van der Waals surface area contributed by atoms with Crippen molar-refractivity contribution in [1.82, 2.24) is 9.55 Å². The summed E-state index contributed by atoms with van der Waals surface area (Å²) in [5, 5.41) is 20.7. The molecule has 6 nitrogen and oxygen atoms in total. The third kappa shape index (κ3) is 6.90. The molecule has 0 aliphatic carbocycles. The van der Waals surface area contributed by atoms with Gasteiger partial charge in [0.2, 0.25) is 0 Å². The summed E-state index contributed by atoms with van der Waals surface area (Å²) in [6, 6.07) is 10.6. The average molecular weight is 449 g/mol. The molecule has 0 saturated heterocycles. The van der Waals surface area contributed by atoms with Crippen molar-refractivity contribution in [2.24, 2.45) is 0 Å². The number of imidazole rings is 1. The first-order valence-corrected chi connectivity index (χ1v) is 10.7. The van der Waals surface area contributed by atoms with Crippen LogP contribution in [0, 0.1) is 0 Å². The number of aromatic nitrogens is 2. The molecule has 0 spiro atoms. The quantitative estimate of drug-likeness (QED) is 0.365. The maximum atomic E-state index is 11.8. The van der Waals surface area contributed by atoms with E-state index in [1.54, 1.807) is 36.5 Å². The van der Waals surface area contributed by atoms with Crippen molar-refractivity contribution in [3.05, 3.63) is 81.1 Å². The van der Waals surface area contributed by atoms with E-state index in [-0.39, 0.29) is 36.5 Å². The first kappa shape index (κ1) is 25.1. The van der Waals surface area contributed by atoms with Gasteiger partial charge < -0.3 is 16.2 Å². The zero-order valence-corrected chi connectivity index (χ0v) is 20.6. The van der Waals surface area contributed by atoms with Crippen LogP contribution in [-0.4, -0.2) is 31.7 Å². The van der Waals surface area contributed by atoms with Gasteiger partial charge in [0.05, 0.1) is 17.5 Å². The Labute approximate surface area is 209 Å². The molecule has 3 rings (SSSR count). The molecule has 0 amide bonds. The number of unbranched alkanes of at least 4 members (excludes halogenated alkanes) is 1. The van der Waals surface area contributed by atoms with Crippen molar-refractivity contribution in [3.63, 3.8) is 0 Å². The van der Waals surface area contributed by atoms with E-state index in [1.165, 1.54) is 11.3 Å². The molecule has 1 aromatic carbocycles. The minimum Gasteiger partial charge on any atom is -1.00 e. The topological polar surface area (TPSA) is 92.4 Å². The van der Waals surface area contributed by atoms with E-state index in [1.807, 2.05) is 22.1 Å². The van der Waals surface area contributed by atoms with E-state index < -0.39 is 11.9 Å². The molecular weight excluding hydrogens is 423 g/mol. The number of rotatable bonds is 10. The number of carbonyl (C=O) groups is 2. The third-order valence-electron chi connectivity index (χ3n) is 4.81. The molecule has 0 fully saturated rings.